The Hall–Kier alpha value is -1.84. The molecular weight excluding hydrogens is 223 g/mol. The average Bonchev–Trinajstić information content (AvgIpc) is 2.18. The maximum Gasteiger partial charge on any atom is 0.331 e. The van der Waals surface area contributed by atoms with E-state index in [1.54, 1.807) is 20.8 Å². The van der Waals surface area contributed by atoms with Gasteiger partial charge in [-0.3, -0.25) is 0 Å². The van der Waals surface area contributed by atoms with Crippen LogP contribution in [0.5, 0.6) is 5.75 Å². The van der Waals surface area contributed by atoms with Crippen molar-refractivity contribution in [2.75, 3.05) is 0 Å². The van der Waals surface area contributed by atoms with Crippen LogP contribution in [-0.2, 0) is 9.53 Å². The van der Waals surface area contributed by atoms with E-state index in [9.17, 15) is 14.3 Å². The molecule has 0 atom stereocenters. The predicted octanol–water partition coefficient (Wildman–Crippen LogP) is 2.89. The maximum absolute atomic E-state index is 13.0. The van der Waals surface area contributed by atoms with Crippen LogP contribution in [0.3, 0.4) is 0 Å². The van der Waals surface area contributed by atoms with Gasteiger partial charge in [-0.1, -0.05) is 12.1 Å². The third-order valence-corrected chi connectivity index (χ3v) is 1.82. The summed E-state index contributed by atoms with van der Waals surface area (Å²) in [6, 6.07) is 4.09. The number of rotatable bonds is 2. The Morgan fingerprint density at radius 3 is 2.65 bits per heavy atom. The molecule has 92 valence electrons. The molecule has 0 aliphatic heterocycles. The SMILES string of the molecule is CC(C)(C)OC(=O)C=Cc1cccc(F)c1O. The predicted molar refractivity (Wildman–Crippen MR) is 62.9 cm³/mol. The van der Waals surface area contributed by atoms with Crippen molar-refractivity contribution in [2.24, 2.45) is 0 Å². The van der Waals surface area contributed by atoms with Gasteiger partial charge in [0.15, 0.2) is 11.6 Å². The molecule has 0 amide bonds. The molecule has 0 saturated heterocycles. The lowest BCUT2D eigenvalue weighted by Gasteiger charge is -2.17. The second-order valence-corrected chi connectivity index (χ2v) is 4.54. The van der Waals surface area contributed by atoms with Gasteiger partial charge in [0, 0.05) is 11.6 Å². The first-order valence-electron chi connectivity index (χ1n) is 5.18. The van der Waals surface area contributed by atoms with Crippen molar-refractivity contribution in [2.45, 2.75) is 26.4 Å². The molecule has 1 aromatic rings. The lowest BCUT2D eigenvalue weighted by Crippen LogP contribution is -2.22. The van der Waals surface area contributed by atoms with E-state index in [4.69, 9.17) is 4.74 Å². The van der Waals surface area contributed by atoms with Gasteiger partial charge >= 0.3 is 5.97 Å². The Balaban J connectivity index is 2.78. The smallest absolute Gasteiger partial charge is 0.331 e. The topological polar surface area (TPSA) is 46.5 Å². The summed E-state index contributed by atoms with van der Waals surface area (Å²) in [6.45, 7) is 5.25. The molecule has 1 N–H and O–H groups in total. The molecule has 0 aromatic heterocycles. The summed E-state index contributed by atoms with van der Waals surface area (Å²) in [7, 11) is 0. The van der Waals surface area contributed by atoms with E-state index in [0.717, 1.165) is 12.1 Å². The zero-order chi connectivity index (χ0) is 13.1. The fourth-order valence-electron chi connectivity index (χ4n) is 1.16. The molecule has 4 heteroatoms. The summed E-state index contributed by atoms with van der Waals surface area (Å²) >= 11 is 0. The summed E-state index contributed by atoms with van der Waals surface area (Å²) in [5.41, 5.74) is -0.346. The zero-order valence-corrected chi connectivity index (χ0v) is 10.0. The fraction of sp³-hybridized carbons (Fsp3) is 0.308. The van der Waals surface area contributed by atoms with E-state index in [1.807, 2.05) is 0 Å². The van der Waals surface area contributed by atoms with Crippen LogP contribution in [0.4, 0.5) is 4.39 Å². The monoisotopic (exact) mass is 238 g/mol. The van der Waals surface area contributed by atoms with Gasteiger partial charge in [0.05, 0.1) is 0 Å². The minimum atomic E-state index is -0.726. The normalized spacial score (nSPS) is 11.8. The summed E-state index contributed by atoms with van der Waals surface area (Å²) in [5.74, 6) is -1.75. The summed E-state index contributed by atoms with van der Waals surface area (Å²) < 4.78 is 18.0. The van der Waals surface area contributed by atoms with E-state index >= 15 is 0 Å². The first-order chi connectivity index (χ1) is 7.79. The molecule has 17 heavy (non-hydrogen) atoms. The lowest BCUT2D eigenvalue weighted by atomic mass is 10.1. The highest BCUT2D eigenvalue weighted by Crippen LogP contribution is 2.21. The van der Waals surface area contributed by atoms with Crippen molar-refractivity contribution in [3.05, 3.63) is 35.7 Å². The van der Waals surface area contributed by atoms with E-state index in [2.05, 4.69) is 0 Å². The standard InChI is InChI=1S/C13H15FO3/c1-13(2,3)17-11(15)8-7-9-5-4-6-10(14)12(9)16/h4-8,16H,1-3H3. The summed E-state index contributed by atoms with van der Waals surface area (Å²) in [6.07, 6.45) is 2.46. The number of ether oxygens (including phenoxy) is 1. The molecular formula is C13H15FO3. The Bertz CT molecular complexity index is 444. The molecule has 0 bridgehead atoms. The Kier molecular flexibility index (Phi) is 3.89. The number of carbonyl (C=O) groups is 1. The maximum atomic E-state index is 13.0. The first-order valence-corrected chi connectivity index (χ1v) is 5.18. The third kappa shape index (κ3) is 4.26. The average molecular weight is 238 g/mol. The van der Waals surface area contributed by atoms with Crippen LogP contribution in [0.25, 0.3) is 6.08 Å². The number of phenols is 1. The molecule has 3 nitrogen and oxygen atoms in total. The second-order valence-electron chi connectivity index (χ2n) is 4.54. The Labute approximate surface area is 99.5 Å². The Morgan fingerprint density at radius 1 is 1.41 bits per heavy atom. The zero-order valence-electron chi connectivity index (χ0n) is 10.0. The molecule has 0 heterocycles. The number of benzene rings is 1. The molecule has 0 aliphatic carbocycles. The van der Waals surface area contributed by atoms with E-state index in [-0.39, 0.29) is 5.56 Å². The lowest BCUT2D eigenvalue weighted by molar-refractivity contribution is -0.148. The second kappa shape index (κ2) is 4.99. The first kappa shape index (κ1) is 13.2. The highest BCUT2D eigenvalue weighted by molar-refractivity contribution is 5.87. The number of hydrogen-bond donors (Lipinski definition) is 1. The number of hydrogen-bond acceptors (Lipinski definition) is 3. The Morgan fingerprint density at radius 2 is 2.06 bits per heavy atom. The van der Waals surface area contributed by atoms with Crippen LogP contribution in [0, 0.1) is 5.82 Å². The van der Waals surface area contributed by atoms with Crippen LogP contribution < -0.4 is 0 Å². The van der Waals surface area contributed by atoms with Gasteiger partial charge in [0.1, 0.15) is 5.60 Å². The van der Waals surface area contributed by atoms with Crippen LogP contribution in [0.2, 0.25) is 0 Å². The van der Waals surface area contributed by atoms with Crippen molar-refractivity contribution in [1.29, 1.82) is 0 Å². The van der Waals surface area contributed by atoms with Gasteiger partial charge in [0.2, 0.25) is 0 Å². The molecule has 1 rings (SSSR count). The van der Waals surface area contributed by atoms with Gasteiger partial charge in [-0.05, 0) is 32.9 Å². The number of carbonyl (C=O) groups excluding carboxylic acids is 1. The molecule has 0 aliphatic rings. The summed E-state index contributed by atoms with van der Waals surface area (Å²) in [5, 5.41) is 9.36. The number of aromatic hydroxyl groups is 1. The molecule has 1 aromatic carbocycles. The minimum absolute atomic E-state index is 0.232. The van der Waals surface area contributed by atoms with Crippen molar-refractivity contribution < 1.29 is 19.0 Å². The van der Waals surface area contributed by atoms with Crippen LogP contribution in [0.15, 0.2) is 24.3 Å². The molecule has 0 fully saturated rings. The van der Waals surface area contributed by atoms with Crippen LogP contribution in [0.1, 0.15) is 26.3 Å². The van der Waals surface area contributed by atoms with E-state index in [0.29, 0.717) is 0 Å². The van der Waals surface area contributed by atoms with Gasteiger partial charge in [0.25, 0.3) is 0 Å². The quantitative estimate of drug-likeness (QED) is 0.636. The highest BCUT2D eigenvalue weighted by atomic mass is 19.1. The highest BCUT2D eigenvalue weighted by Gasteiger charge is 2.14. The van der Waals surface area contributed by atoms with Gasteiger partial charge in [-0.15, -0.1) is 0 Å². The van der Waals surface area contributed by atoms with Gasteiger partial charge in [-0.25, -0.2) is 9.18 Å². The molecule has 0 saturated carbocycles. The van der Waals surface area contributed by atoms with Crippen LogP contribution in [-0.4, -0.2) is 16.7 Å². The van der Waals surface area contributed by atoms with Gasteiger partial charge < -0.3 is 9.84 Å². The van der Waals surface area contributed by atoms with Crippen molar-refractivity contribution >= 4 is 12.0 Å². The largest absolute Gasteiger partial charge is 0.504 e. The minimum Gasteiger partial charge on any atom is -0.504 e. The van der Waals surface area contributed by atoms with Crippen molar-refractivity contribution in [3.63, 3.8) is 0 Å². The molecule has 0 spiro atoms. The number of phenolic OH excluding ortho intramolecular Hbond substituents is 1. The summed E-state index contributed by atoms with van der Waals surface area (Å²) in [4.78, 5) is 11.3. The van der Waals surface area contributed by atoms with E-state index in [1.165, 1.54) is 18.2 Å². The number of para-hydroxylation sites is 1. The number of esters is 1. The molecule has 0 unspecified atom stereocenters. The van der Waals surface area contributed by atoms with E-state index < -0.39 is 23.1 Å². The van der Waals surface area contributed by atoms with Gasteiger partial charge in [-0.2, -0.15) is 0 Å². The van der Waals surface area contributed by atoms with Crippen LogP contribution >= 0.6 is 0 Å². The molecule has 0 radical (unpaired) electrons. The van der Waals surface area contributed by atoms with Crippen molar-refractivity contribution in [1.82, 2.24) is 0 Å². The third-order valence-electron chi connectivity index (χ3n) is 1.82. The number of halogens is 1. The fourth-order valence-corrected chi connectivity index (χ4v) is 1.16. The van der Waals surface area contributed by atoms with Crippen molar-refractivity contribution in [3.8, 4) is 5.75 Å².